The van der Waals surface area contributed by atoms with Gasteiger partial charge in [-0.1, -0.05) is 130 Å². The van der Waals surface area contributed by atoms with E-state index in [1.807, 2.05) is 33.9 Å². The van der Waals surface area contributed by atoms with Gasteiger partial charge in [-0.05, 0) is 84.3 Å². The molecule has 1 aliphatic rings. The van der Waals surface area contributed by atoms with Gasteiger partial charge in [-0.2, -0.15) is 0 Å². The maximum Gasteiger partial charge on any atom is 0.162 e. The Morgan fingerprint density at radius 2 is 1.37 bits per heavy atom. The van der Waals surface area contributed by atoms with Crippen LogP contribution >= 0.6 is 0 Å². The van der Waals surface area contributed by atoms with Crippen molar-refractivity contribution >= 4 is 27.3 Å². The molecule has 1 radical (unpaired) electrons. The Balaban J connectivity index is 0.000000389. The average molecular weight is 883 g/mol. The van der Waals surface area contributed by atoms with E-state index in [4.69, 9.17) is 9.72 Å². The van der Waals surface area contributed by atoms with Crippen molar-refractivity contribution in [2.75, 3.05) is 0 Å². The van der Waals surface area contributed by atoms with Crippen molar-refractivity contribution in [2.24, 2.45) is 28.1 Å². The SMILES string of the molecule is CC(C)(C)Cc1ccc2c(CC(C)(C)C)c3c([c-]c2c1)-c1nccc2cc(CC(C)(C)C)cc(c12)O3.CCC(CC)C(=O)/C=C(\O)C(CC)CC.[Ir]. The number of benzene rings is 3. The standard InChI is InChI=1S/C34H40NO.C13H24O2.Ir/c1-32(2,3)18-21-10-11-25-24(14-21)17-26-30-29-23(12-13-35-30)15-22(19-33(4,5)6)16-28(29)36-31(26)27(25)20-34(7,8)9;1-5-10(6-2)12(14)9-13(15)11(7-3)8-4;/h10-16H,18-20H2,1-9H3;9-11,14H,5-8H2,1-4H3;/q-1;;/b;12-9-;. The molecule has 0 bridgehead atoms. The molecule has 1 aromatic heterocycles. The van der Waals surface area contributed by atoms with Gasteiger partial charge in [-0.15, -0.1) is 17.5 Å². The number of pyridine rings is 1. The van der Waals surface area contributed by atoms with E-state index >= 15 is 0 Å². The van der Waals surface area contributed by atoms with Crippen molar-refractivity contribution in [3.63, 3.8) is 0 Å². The molecule has 4 aromatic rings. The molecular formula is C47H64IrNO3-. The summed E-state index contributed by atoms with van der Waals surface area (Å²) < 4.78 is 6.83. The normalized spacial score (nSPS) is 13.1. The zero-order chi connectivity index (χ0) is 37.9. The maximum absolute atomic E-state index is 11.7. The number of ether oxygens (including phenoxy) is 1. The van der Waals surface area contributed by atoms with Gasteiger partial charge in [0.1, 0.15) is 5.75 Å². The summed E-state index contributed by atoms with van der Waals surface area (Å²) in [5.41, 5.74) is 6.46. The molecule has 0 unspecified atom stereocenters. The molecule has 0 fully saturated rings. The fourth-order valence-electron chi connectivity index (χ4n) is 7.34. The molecule has 1 aliphatic heterocycles. The maximum atomic E-state index is 11.7. The summed E-state index contributed by atoms with van der Waals surface area (Å²) in [4.78, 5) is 16.6. The van der Waals surface area contributed by atoms with Gasteiger partial charge in [0.15, 0.2) is 5.78 Å². The summed E-state index contributed by atoms with van der Waals surface area (Å²) >= 11 is 0. The van der Waals surface area contributed by atoms with E-state index in [1.165, 1.54) is 33.5 Å². The van der Waals surface area contributed by atoms with Crippen LogP contribution in [-0.2, 0) is 44.2 Å². The number of carbonyl (C=O) groups excluding carboxylic acids is 1. The van der Waals surface area contributed by atoms with Gasteiger partial charge in [-0.3, -0.25) is 9.78 Å². The molecule has 5 heteroatoms. The minimum Gasteiger partial charge on any atom is -0.512 e. The summed E-state index contributed by atoms with van der Waals surface area (Å²) in [7, 11) is 0. The molecule has 3 aromatic carbocycles. The molecule has 0 saturated carbocycles. The van der Waals surface area contributed by atoms with Crippen LogP contribution in [-0.4, -0.2) is 15.9 Å². The van der Waals surface area contributed by atoms with Crippen LogP contribution in [0.25, 0.3) is 32.8 Å². The summed E-state index contributed by atoms with van der Waals surface area (Å²) in [6, 6.07) is 17.3. The van der Waals surface area contributed by atoms with E-state index in [0.29, 0.717) is 0 Å². The number of aliphatic hydroxyl groups excluding tert-OH is 1. The molecule has 0 atom stereocenters. The number of hydrogen-bond donors (Lipinski definition) is 1. The second kappa shape index (κ2) is 17.4. The van der Waals surface area contributed by atoms with Crippen molar-refractivity contribution in [3.05, 3.63) is 77.2 Å². The van der Waals surface area contributed by atoms with Gasteiger partial charge in [0.2, 0.25) is 0 Å². The second-order valence-electron chi connectivity index (χ2n) is 18.4. The third-order valence-electron chi connectivity index (χ3n) is 9.76. The molecule has 5 rings (SSSR count). The van der Waals surface area contributed by atoms with Crippen molar-refractivity contribution in [1.82, 2.24) is 4.98 Å². The van der Waals surface area contributed by atoms with Crippen LogP contribution < -0.4 is 4.74 Å². The Morgan fingerprint density at radius 3 is 1.92 bits per heavy atom. The number of nitrogens with zero attached hydrogens (tertiary/aromatic N) is 1. The zero-order valence-corrected chi connectivity index (χ0v) is 36.7. The smallest absolute Gasteiger partial charge is 0.162 e. The Morgan fingerprint density at radius 1 is 0.788 bits per heavy atom. The summed E-state index contributed by atoms with van der Waals surface area (Å²) in [6.45, 7) is 28.7. The number of allylic oxidation sites excluding steroid dienone is 2. The second-order valence-corrected chi connectivity index (χ2v) is 18.4. The van der Waals surface area contributed by atoms with E-state index in [9.17, 15) is 9.90 Å². The van der Waals surface area contributed by atoms with Crippen molar-refractivity contribution in [2.45, 2.75) is 135 Å². The van der Waals surface area contributed by atoms with Crippen LogP contribution in [0.4, 0.5) is 0 Å². The van der Waals surface area contributed by atoms with Gasteiger partial charge in [-0.25, -0.2) is 0 Å². The Bertz CT molecular complexity index is 1880. The first kappa shape index (κ1) is 43.4. The summed E-state index contributed by atoms with van der Waals surface area (Å²) in [5.74, 6) is 2.40. The molecule has 0 aliphatic carbocycles. The molecule has 52 heavy (non-hydrogen) atoms. The first-order chi connectivity index (χ1) is 23.8. The van der Waals surface area contributed by atoms with Crippen molar-refractivity contribution < 1.29 is 34.7 Å². The van der Waals surface area contributed by atoms with Gasteiger partial charge < -0.3 is 9.84 Å². The Kier molecular flexibility index (Phi) is 14.5. The van der Waals surface area contributed by atoms with E-state index in [0.717, 1.165) is 78.5 Å². The predicted molar refractivity (Wildman–Crippen MR) is 217 cm³/mol. The molecular weight excluding hydrogens is 819 g/mol. The van der Waals surface area contributed by atoms with Crippen LogP contribution in [0, 0.1) is 34.1 Å². The molecule has 1 N–H and O–H groups in total. The van der Waals surface area contributed by atoms with Crippen LogP contribution in [0.15, 0.2) is 54.4 Å². The van der Waals surface area contributed by atoms with Gasteiger partial charge in [0, 0.05) is 55.3 Å². The van der Waals surface area contributed by atoms with Crippen molar-refractivity contribution in [3.8, 4) is 22.8 Å². The largest absolute Gasteiger partial charge is 0.512 e. The van der Waals surface area contributed by atoms with Gasteiger partial charge >= 0.3 is 0 Å². The van der Waals surface area contributed by atoms with Gasteiger partial charge in [0.25, 0.3) is 0 Å². The molecule has 4 nitrogen and oxygen atoms in total. The summed E-state index contributed by atoms with van der Waals surface area (Å²) in [6.07, 6.45) is 9.80. The van der Waals surface area contributed by atoms with E-state index in [1.54, 1.807) is 0 Å². The molecule has 285 valence electrons. The van der Waals surface area contributed by atoms with Crippen LogP contribution in [0.3, 0.4) is 0 Å². The fraction of sp³-hybridized carbons (Fsp3) is 0.532. The number of aromatic nitrogens is 1. The van der Waals surface area contributed by atoms with Gasteiger partial charge in [0.05, 0.1) is 11.5 Å². The first-order valence-electron chi connectivity index (χ1n) is 19.3. The Labute approximate surface area is 328 Å². The van der Waals surface area contributed by atoms with E-state index in [2.05, 4.69) is 105 Å². The first-order valence-corrected chi connectivity index (χ1v) is 19.3. The molecule has 0 spiro atoms. The Hall–Kier alpha value is -3.01. The quantitative estimate of drug-likeness (QED) is 0.0862. The third kappa shape index (κ3) is 11.0. The molecule has 2 heterocycles. The number of carbonyl (C=O) groups is 1. The number of rotatable bonds is 10. The third-order valence-corrected chi connectivity index (χ3v) is 9.76. The monoisotopic (exact) mass is 883 g/mol. The summed E-state index contributed by atoms with van der Waals surface area (Å²) in [5, 5.41) is 14.4. The minimum atomic E-state index is 0. The number of ketones is 1. The molecule has 0 saturated heterocycles. The van der Waals surface area contributed by atoms with Crippen molar-refractivity contribution in [1.29, 1.82) is 0 Å². The molecule has 0 amide bonds. The minimum absolute atomic E-state index is 0. The topological polar surface area (TPSA) is 59.4 Å². The van der Waals surface area contributed by atoms with Crippen LogP contribution in [0.2, 0.25) is 0 Å². The number of aliphatic hydroxyl groups is 1. The fourth-order valence-corrected chi connectivity index (χ4v) is 7.34. The number of fused-ring (bicyclic) bond motifs is 3. The van der Waals surface area contributed by atoms with E-state index in [-0.39, 0.29) is 59.7 Å². The number of hydrogen-bond acceptors (Lipinski definition) is 4. The zero-order valence-electron chi connectivity index (χ0n) is 34.3. The average Bonchev–Trinajstić information content (AvgIpc) is 3.00. The van der Waals surface area contributed by atoms with Crippen LogP contribution in [0.5, 0.6) is 11.5 Å². The van der Waals surface area contributed by atoms with Crippen LogP contribution in [0.1, 0.15) is 132 Å². The van der Waals surface area contributed by atoms with E-state index < -0.39 is 0 Å². The predicted octanol–water partition coefficient (Wildman–Crippen LogP) is 13.6.